The monoisotopic (exact) mass is 433 g/mol. The third-order valence-electron chi connectivity index (χ3n) is 4.92. The van der Waals surface area contributed by atoms with Crippen LogP contribution in [-0.2, 0) is 16.0 Å². The quantitative estimate of drug-likeness (QED) is 0.484. The number of nitrogens with one attached hydrogen (secondary N) is 2. The van der Waals surface area contributed by atoms with Crippen molar-refractivity contribution in [2.75, 3.05) is 13.6 Å². The van der Waals surface area contributed by atoms with Crippen molar-refractivity contribution in [1.29, 1.82) is 0 Å². The lowest BCUT2D eigenvalue weighted by Crippen LogP contribution is -2.54. The molecule has 4 N–H and O–H groups in total. The largest absolute Gasteiger partial charge is 0.444 e. The van der Waals surface area contributed by atoms with Gasteiger partial charge in [0.25, 0.3) is 0 Å². The highest BCUT2D eigenvalue weighted by molar-refractivity contribution is 5.92. The Morgan fingerprint density at radius 2 is 1.84 bits per heavy atom. The van der Waals surface area contributed by atoms with E-state index >= 15 is 0 Å². The minimum absolute atomic E-state index is 0.186. The number of carbonyl (C=O) groups is 2. The van der Waals surface area contributed by atoms with Gasteiger partial charge < -0.3 is 25.8 Å². The fourth-order valence-electron chi connectivity index (χ4n) is 3.52. The average molecular weight is 434 g/mol. The number of benzene rings is 1. The van der Waals surface area contributed by atoms with E-state index in [1.807, 2.05) is 53.7 Å². The van der Waals surface area contributed by atoms with Gasteiger partial charge in [0.05, 0.1) is 12.1 Å². The van der Waals surface area contributed by atoms with E-state index < -0.39 is 23.3 Å². The highest BCUT2D eigenvalue weighted by atomic mass is 16.6. The second-order valence-electron chi connectivity index (χ2n) is 9.06. The molecule has 9 nitrogen and oxygen atoms in total. The summed E-state index contributed by atoms with van der Waals surface area (Å²) in [4.78, 5) is 29.9. The predicted molar refractivity (Wildman–Crippen MR) is 120 cm³/mol. The number of nitrogens with zero attached hydrogens (tertiary/aromatic N) is 2. The number of primary amides is 1. The van der Waals surface area contributed by atoms with Crippen molar-refractivity contribution < 1.29 is 19.1 Å². The SMILES string of the molecule is CN=C(NCc1ccc(C(N)=O)cc1)NCC1C(C)OC(C)(C)N1C(=O)OC(C)(C)C. The Morgan fingerprint density at radius 3 is 2.35 bits per heavy atom. The summed E-state index contributed by atoms with van der Waals surface area (Å²) in [6.45, 7) is 12.1. The van der Waals surface area contributed by atoms with Gasteiger partial charge in [-0.05, 0) is 59.2 Å². The summed E-state index contributed by atoms with van der Waals surface area (Å²) in [6, 6.07) is 6.81. The van der Waals surface area contributed by atoms with Crippen LogP contribution in [0.4, 0.5) is 4.79 Å². The summed E-state index contributed by atoms with van der Waals surface area (Å²) in [5, 5.41) is 6.49. The molecule has 1 aliphatic rings. The number of ether oxygens (including phenoxy) is 2. The first-order valence-electron chi connectivity index (χ1n) is 10.4. The van der Waals surface area contributed by atoms with E-state index in [1.54, 1.807) is 24.1 Å². The Labute approximate surface area is 184 Å². The number of rotatable bonds is 5. The molecule has 0 saturated carbocycles. The molecule has 1 aromatic carbocycles. The van der Waals surface area contributed by atoms with Gasteiger partial charge in [-0.1, -0.05) is 12.1 Å². The molecular formula is C22H35N5O4. The lowest BCUT2D eigenvalue weighted by molar-refractivity contribution is -0.0755. The molecule has 0 aromatic heterocycles. The van der Waals surface area contributed by atoms with Crippen molar-refractivity contribution in [3.05, 3.63) is 35.4 Å². The molecule has 1 aromatic rings. The van der Waals surface area contributed by atoms with Crippen molar-refractivity contribution in [3.63, 3.8) is 0 Å². The van der Waals surface area contributed by atoms with Crippen LogP contribution in [-0.4, -0.2) is 59.9 Å². The van der Waals surface area contributed by atoms with Crippen LogP contribution in [0, 0.1) is 0 Å². The normalized spacial score (nSPS) is 21.0. The maximum atomic E-state index is 12.9. The molecule has 172 valence electrons. The number of carbonyl (C=O) groups excluding carboxylic acids is 2. The van der Waals surface area contributed by atoms with Gasteiger partial charge in [-0.15, -0.1) is 0 Å². The molecule has 0 radical (unpaired) electrons. The smallest absolute Gasteiger partial charge is 0.412 e. The van der Waals surface area contributed by atoms with Gasteiger partial charge in [0.15, 0.2) is 5.96 Å². The van der Waals surface area contributed by atoms with Crippen molar-refractivity contribution in [3.8, 4) is 0 Å². The van der Waals surface area contributed by atoms with Crippen LogP contribution >= 0.6 is 0 Å². The molecule has 1 saturated heterocycles. The summed E-state index contributed by atoms with van der Waals surface area (Å²) in [6.07, 6.45) is -0.597. The molecule has 0 bridgehead atoms. The number of nitrogens with two attached hydrogens (primary N) is 1. The third kappa shape index (κ3) is 6.58. The van der Waals surface area contributed by atoms with E-state index in [4.69, 9.17) is 15.2 Å². The molecule has 0 spiro atoms. The van der Waals surface area contributed by atoms with Crippen LogP contribution in [0.5, 0.6) is 0 Å². The van der Waals surface area contributed by atoms with Crippen LogP contribution in [0.1, 0.15) is 57.5 Å². The Bertz CT molecular complexity index is 814. The van der Waals surface area contributed by atoms with E-state index in [9.17, 15) is 9.59 Å². The van der Waals surface area contributed by atoms with Crippen LogP contribution < -0.4 is 16.4 Å². The molecule has 1 fully saturated rings. The van der Waals surface area contributed by atoms with E-state index in [1.165, 1.54) is 0 Å². The molecule has 1 heterocycles. The zero-order chi connectivity index (χ0) is 23.4. The molecule has 31 heavy (non-hydrogen) atoms. The molecule has 9 heteroatoms. The molecule has 2 rings (SSSR count). The van der Waals surface area contributed by atoms with Gasteiger partial charge >= 0.3 is 6.09 Å². The van der Waals surface area contributed by atoms with Gasteiger partial charge in [0.1, 0.15) is 11.3 Å². The summed E-state index contributed by atoms with van der Waals surface area (Å²) >= 11 is 0. The van der Waals surface area contributed by atoms with Crippen molar-refractivity contribution in [2.45, 2.75) is 71.6 Å². The van der Waals surface area contributed by atoms with E-state index in [0.717, 1.165) is 5.56 Å². The van der Waals surface area contributed by atoms with Crippen molar-refractivity contribution in [2.24, 2.45) is 10.7 Å². The first-order valence-corrected chi connectivity index (χ1v) is 10.4. The molecular weight excluding hydrogens is 398 g/mol. The maximum absolute atomic E-state index is 12.9. The zero-order valence-corrected chi connectivity index (χ0v) is 19.5. The Kier molecular flexibility index (Phi) is 7.54. The second kappa shape index (κ2) is 9.55. The first kappa shape index (κ1) is 24.5. The van der Waals surface area contributed by atoms with Gasteiger partial charge in [0, 0.05) is 25.7 Å². The fraction of sp³-hybridized carbons (Fsp3) is 0.591. The topological polar surface area (TPSA) is 118 Å². The standard InChI is InChI=1S/C22H35N5O4/c1-14-17(27(22(5,6)30-14)20(29)31-21(2,3)4)13-26-19(24-7)25-12-15-8-10-16(11-9-15)18(23)28/h8-11,14,17H,12-13H2,1-7H3,(H2,23,28)(H2,24,25,26). The van der Waals surface area contributed by atoms with Gasteiger partial charge in [-0.25, -0.2) is 4.79 Å². The highest BCUT2D eigenvalue weighted by Crippen LogP contribution is 2.33. The minimum Gasteiger partial charge on any atom is -0.444 e. The maximum Gasteiger partial charge on any atom is 0.412 e. The minimum atomic E-state index is -0.785. The van der Waals surface area contributed by atoms with Gasteiger partial charge in [-0.3, -0.25) is 14.7 Å². The van der Waals surface area contributed by atoms with Gasteiger partial charge in [-0.2, -0.15) is 0 Å². The summed E-state index contributed by atoms with van der Waals surface area (Å²) in [5.41, 5.74) is 5.33. The van der Waals surface area contributed by atoms with Crippen LogP contribution in [0.15, 0.2) is 29.3 Å². The first-order chi connectivity index (χ1) is 14.3. The Morgan fingerprint density at radius 1 is 1.23 bits per heavy atom. The number of aliphatic imine (C=N–C) groups is 1. The molecule has 2 unspecified atom stereocenters. The molecule has 1 aliphatic heterocycles. The lowest BCUT2D eigenvalue weighted by Gasteiger charge is -2.35. The summed E-state index contributed by atoms with van der Waals surface area (Å²) < 4.78 is 11.6. The molecule has 2 amide bonds. The Balaban J connectivity index is 2.00. The zero-order valence-electron chi connectivity index (χ0n) is 19.5. The second-order valence-corrected chi connectivity index (χ2v) is 9.06. The summed E-state index contributed by atoms with van der Waals surface area (Å²) in [5.74, 6) is 0.127. The third-order valence-corrected chi connectivity index (χ3v) is 4.92. The fourth-order valence-corrected chi connectivity index (χ4v) is 3.52. The number of hydrogen-bond acceptors (Lipinski definition) is 5. The number of hydrogen-bond donors (Lipinski definition) is 3. The van der Waals surface area contributed by atoms with E-state index in [0.29, 0.717) is 24.6 Å². The predicted octanol–water partition coefficient (Wildman–Crippen LogP) is 2.21. The lowest BCUT2D eigenvalue weighted by atomic mass is 10.1. The van der Waals surface area contributed by atoms with Crippen LogP contribution in [0.2, 0.25) is 0 Å². The molecule has 2 atom stereocenters. The van der Waals surface area contributed by atoms with E-state index in [-0.39, 0.29) is 12.1 Å². The van der Waals surface area contributed by atoms with Crippen LogP contribution in [0.3, 0.4) is 0 Å². The van der Waals surface area contributed by atoms with Crippen molar-refractivity contribution in [1.82, 2.24) is 15.5 Å². The van der Waals surface area contributed by atoms with Gasteiger partial charge in [0.2, 0.25) is 5.91 Å². The molecule has 0 aliphatic carbocycles. The van der Waals surface area contributed by atoms with E-state index in [2.05, 4.69) is 15.6 Å². The number of guanidine groups is 1. The number of amides is 2. The van der Waals surface area contributed by atoms with Crippen molar-refractivity contribution >= 4 is 18.0 Å². The highest BCUT2D eigenvalue weighted by Gasteiger charge is 2.49. The Hall–Kier alpha value is -2.81. The average Bonchev–Trinajstić information content (AvgIpc) is 2.88. The van der Waals surface area contributed by atoms with Crippen LogP contribution in [0.25, 0.3) is 0 Å². The summed E-state index contributed by atoms with van der Waals surface area (Å²) in [7, 11) is 1.68.